The number of anilines is 2. The monoisotopic (exact) mass is 247 g/mol. The molecule has 4 N–H and O–H groups in total. The number of urea groups is 1. The second-order valence-corrected chi connectivity index (χ2v) is 4.54. The zero-order valence-electron chi connectivity index (χ0n) is 9.14. The molecule has 0 aliphatic rings. The van der Waals surface area contributed by atoms with Gasteiger partial charge in [0.05, 0.1) is 6.54 Å². The highest BCUT2D eigenvalue weighted by atomic mass is 32.1. The molecule has 1 aromatic carbocycles. The number of nitrogens with two attached hydrogens (primary N) is 1. The Morgan fingerprint density at radius 1 is 1.29 bits per heavy atom. The standard InChI is InChI=1S/C12H13N3OS/c13-9-3-1-4-10(7-9)15-12(16)14-8-11-5-2-6-17-11/h1-7H,8,13H2,(H2,14,15,16). The largest absolute Gasteiger partial charge is 0.399 e. The maximum Gasteiger partial charge on any atom is 0.319 e. The molecule has 0 unspecified atom stereocenters. The second kappa shape index (κ2) is 5.36. The van der Waals surface area contributed by atoms with Gasteiger partial charge in [-0.2, -0.15) is 0 Å². The molecular formula is C12H13N3OS. The first kappa shape index (κ1) is 11.5. The van der Waals surface area contributed by atoms with Gasteiger partial charge in [0.1, 0.15) is 0 Å². The molecule has 0 aliphatic carbocycles. The van der Waals surface area contributed by atoms with E-state index in [1.54, 1.807) is 35.6 Å². The lowest BCUT2D eigenvalue weighted by Crippen LogP contribution is -2.27. The van der Waals surface area contributed by atoms with Crippen molar-refractivity contribution in [2.24, 2.45) is 0 Å². The van der Waals surface area contributed by atoms with Crippen LogP contribution in [0.15, 0.2) is 41.8 Å². The first-order valence-electron chi connectivity index (χ1n) is 5.17. The average Bonchev–Trinajstić information content (AvgIpc) is 2.79. The smallest absolute Gasteiger partial charge is 0.319 e. The molecule has 2 rings (SSSR count). The van der Waals surface area contributed by atoms with Crippen LogP contribution in [0.25, 0.3) is 0 Å². The molecule has 0 atom stereocenters. The Bertz CT molecular complexity index is 496. The quantitative estimate of drug-likeness (QED) is 0.730. The molecule has 4 nitrogen and oxygen atoms in total. The molecule has 17 heavy (non-hydrogen) atoms. The van der Waals surface area contributed by atoms with E-state index in [-0.39, 0.29) is 6.03 Å². The molecule has 0 saturated heterocycles. The summed E-state index contributed by atoms with van der Waals surface area (Å²) in [6.45, 7) is 0.534. The molecule has 2 aromatic rings. The van der Waals surface area contributed by atoms with Crippen molar-refractivity contribution in [2.45, 2.75) is 6.54 Å². The van der Waals surface area contributed by atoms with Gasteiger partial charge < -0.3 is 16.4 Å². The number of hydrogen-bond donors (Lipinski definition) is 3. The van der Waals surface area contributed by atoms with Crippen LogP contribution in [-0.2, 0) is 6.54 Å². The van der Waals surface area contributed by atoms with Crippen LogP contribution < -0.4 is 16.4 Å². The van der Waals surface area contributed by atoms with Gasteiger partial charge >= 0.3 is 6.03 Å². The van der Waals surface area contributed by atoms with Crippen molar-refractivity contribution in [3.8, 4) is 0 Å². The molecule has 0 fully saturated rings. The van der Waals surface area contributed by atoms with E-state index in [0.717, 1.165) is 4.88 Å². The molecule has 0 aliphatic heterocycles. The van der Waals surface area contributed by atoms with Crippen LogP contribution >= 0.6 is 11.3 Å². The highest BCUT2D eigenvalue weighted by Crippen LogP contribution is 2.12. The van der Waals surface area contributed by atoms with Crippen LogP contribution in [0.5, 0.6) is 0 Å². The van der Waals surface area contributed by atoms with Gasteiger partial charge in [-0.05, 0) is 29.6 Å². The highest BCUT2D eigenvalue weighted by Gasteiger charge is 2.01. The summed E-state index contributed by atoms with van der Waals surface area (Å²) in [7, 11) is 0. The van der Waals surface area contributed by atoms with Crippen LogP contribution in [0.1, 0.15) is 4.88 Å². The average molecular weight is 247 g/mol. The number of rotatable bonds is 3. The topological polar surface area (TPSA) is 67.1 Å². The van der Waals surface area contributed by atoms with Crippen molar-refractivity contribution in [1.29, 1.82) is 0 Å². The van der Waals surface area contributed by atoms with Gasteiger partial charge in [0.2, 0.25) is 0 Å². The van der Waals surface area contributed by atoms with E-state index in [1.165, 1.54) is 0 Å². The maximum atomic E-state index is 11.6. The predicted octanol–water partition coefficient (Wildman–Crippen LogP) is 2.65. The van der Waals surface area contributed by atoms with Crippen LogP contribution in [0.2, 0.25) is 0 Å². The van der Waals surface area contributed by atoms with Crippen LogP contribution in [0.4, 0.5) is 16.2 Å². The fourth-order valence-electron chi connectivity index (χ4n) is 1.37. The van der Waals surface area contributed by atoms with Gasteiger partial charge in [0.25, 0.3) is 0 Å². The molecule has 88 valence electrons. The van der Waals surface area contributed by atoms with Crippen molar-refractivity contribution in [3.05, 3.63) is 46.7 Å². The Morgan fingerprint density at radius 2 is 2.18 bits per heavy atom. The number of benzene rings is 1. The third-order valence-corrected chi connectivity index (χ3v) is 3.02. The number of hydrogen-bond acceptors (Lipinski definition) is 3. The summed E-state index contributed by atoms with van der Waals surface area (Å²) in [5.41, 5.74) is 6.93. The third-order valence-electron chi connectivity index (χ3n) is 2.15. The van der Waals surface area contributed by atoms with E-state index in [0.29, 0.717) is 17.9 Å². The molecule has 5 heteroatoms. The van der Waals surface area contributed by atoms with Crippen LogP contribution in [0, 0.1) is 0 Å². The Kier molecular flexibility index (Phi) is 3.62. The number of amides is 2. The SMILES string of the molecule is Nc1cccc(NC(=O)NCc2cccs2)c1. The number of carbonyl (C=O) groups excluding carboxylic acids is 1. The molecule has 0 radical (unpaired) electrons. The first-order valence-corrected chi connectivity index (χ1v) is 6.05. The van der Waals surface area contributed by atoms with Crippen molar-refractivity contribution in [2.75, 3.05) is 11.1 Å². The van der Waals surface area contributed by atoms with E-state index < -0.39 is 0 Å². The minimum absolute atomic E-state index is 0.232. The third kappa shape index (κ3) is 3.49. The van der Waals surface area contributed by atoms with Crippen molar-refractivity contribution >= 4 is 28.7 Å². The van der Waals surface area contributed by atoms with E-state index in [9.17, 15) is 4.79 Å². The summed E-state index contributed by atoms with van der Waals surface area (Å²) in [5, 5.41) is 7.47. The van der Waals surface area contributed by atoms with Gasteiger partial charge in [-0.3, -0.25) is 0 Å². The Hall–Kier alpha value is -2.01. The molecule has 2 amide bonds. The second-order valence-electron chi connectivity index (χ2n) is 3.51. The first-order chi connectivity index (χ1) is 8.24. The number of nitrogen functional groups attached to an aromatic ring is 1. The lowest BCUT2D eigenvalue weighted by Gasteiger charge is -2.07. The van der Waals surface area contributed by atoms with E-state index in [1.807, 2.05) is 17.5 Å². The highest BCUT2D eigenvalue weighted by molar-refractivity contribution is 7.09. The molecular weight excluding hydrogens is 234 g/mol. The predicted molar refractivity (Wildman–Crippen MR) is 71.0 cm³/mol. The molecule has 1 heterocycles. The summed E-state index contributed by atoms with van der Waals surface area (Å²) >= 11 is 1.61. The van der Waals surface area contributed by atoms with E-state index >= 15 is 0 Å². The number of carbonyl (C=O) groups is 1. The Labute approximate surface area is 103 Å². The van der Waals surface area contributed by atoms with Gasteiger partial charge in [-0.15, -0.1) is 11.3 Å². The zero-order chi connectivity index (χ0) is 12.1. The molecule has 0 bridgehead atoms. The molecule has 1 aromatic heterocycles. The lowest BCUT2D eigenvalue weighted by atomic mass is 10.3. The summed E-state index contributed by atoms with van der Waals surface area (Å²) in [6.07, 6.45) is 0. The Balaban J connectivity index is 1.85. The van der Waals surface area contributed by atoms with Crippen molar-refractivity contribution < 1.29 is 4.79 Å². The van der Waals surface area contributed by atoms with Crippen molar-refractivity contribution in [1.82, 2.24) is 5.32 Å². The molecule has 0 spiro atoms. The normalized spacial score (nSPS) is 9.88. The van der Waals surface area contributed by atoms with Crippen LogP contribution in [-0.4, -0.2) is 6.03 Å². The summed E-state index contributed by atoms with van der Waals surface area (Å²) < 4.78 is 0. The lowest BCUT2D eigenvalue weighted by molar-refractivity contribution is 0.252. The maximum absolute atomic E-state index is 11.6. The van der Waals surface area contributed by atoms with Gasteiger partial charge in [0.15, 0.2) is 0 Å². The summed E-state index contributed by atoms with van der Waals surface area (Å²) in [6, 6.07) is 10.8. The number of nitrogens with one attached hydrogen (secondary N) is 2. The Morgan fingerprint density at radius 3 is 2.88 bits per heavy atom. The minimum Gasteiger partial charge on any atom is -0.399 e. The summed E-state index contributed by atoms with van der Waals surface area (Å²) in [4.78, 5) is 12.7. The fraction of sp³-hybridized carbons (Fsp3) is 0.0833. The van der Waals surface area contributed by atoms with Crippen molar-refractivity contribution in [3.63, 3.8) is 0 Å². The zero-order valence-corrected chi connectivity index (χ0v) is 9.96. The van der Waals surface area contributed by atoms with E-state index in [4.69, 9.17) is 5.73 Å². The van der Waals surface area contributed by atoms with Crippen LogP contribution in [0.3, 0.4) is 0 Å². The molecule has 0 saturated carbocycles. The van der Waals surface area contributed by atoms with Gasteiger partial charge in [0, 0.05) is 16.3 Å². The fourth-order valence-corrected chi connectivity index (χ4v) is 2.02. The van der Waals surface area contributed by atoms with Gasteiger partial charge in [-0.25, -0.2) is 4.79 Å². The summed E-state index contributed by atoms with van der Waals surface area (Å²) in [5.74, 6) is 0. The van der Waals surface area contributed by atoms with E-state index in [2.05, 4.69) is 10.6 Å². The number of thiophene rings is 1. The minimum atomic E-state index is -0.232. The van der Waals surface area contributed by atoms with Gasteiger partial charge in [-0.1, -0.05) is 12.1 Å².